The van der Waals surface area contributed by atoms with Gasteiger partial charge in [0.05, 0.1) is 22.8 Å². The van der Waals surface area contributed by atoms with E-state index in [1.54, 1.807) is 12.4 Å². The fourth-order valence-electron chi connectivity index (χ4n) is 2.38. The number of hydrogen-bond acceptors (Lipinski definition) is 4. The number of pyridine rings is 4. The summed E-state index contributed by atoms with van der Waals surface area (Å²) in [5, 5.41) is 0. The van der Waals surface area contributed by atoms with E-state index in [0.717, 1.165) is 22.8 Å². The quantitative estimate of drug-likeness (QED) is 0.415. The first-order chi connectivity index (χ1) is 12.7. The Kier molecular flexibility index (Phi) is 7.90. The van der Waals surface area contributed by atoms with Crippen LogP contribution in [0.1, 0.15) is 11.1 Å². The minimum atomic E-state index is 0. The summed E-state index contributed by atoms with van der Waals surface area (Å²) in [7, 11) is 0. The molecule has 0 aromatic carbocycles. The van der Waals surface area contributed by atoms with Crippen LogP contribution in [0.2, 0.25) is 0 Å². The summed E-state index contributed by atoms with van der Waals surface area (Å²) in [5.74, 6) is 0. The molecule has 0 aliphatic carbocycles. The second kappa shape index (κ2) is 10.4. The van der Waals surface area contributed by atoms with Crippen molar-refractivity contribution in [1.82, 2.24) is 19.9 Å². The van der Waals surface area contributed by atoms with E-state index in [2.05, 4.69) is 33.8 Å². The van der Waals surface area contributed by atoms with Crippen molar-refractivity contribution >= 4 is 0 Å². The van der Waals surface area contributed by atoms with Gasteiger partial charge in [-0.2, -0.15) is 0 Å². The average Bonchev–Trinajstić information content (AvgIpc) is 2.70. The molecule has 0 radical (unpaired) electrons. The Bertz CT molecular complexity index is 879. The summed E-state index contributed by atoms with van der Waals surface area (Å²) in [6.45, 7) is 4.11. The van der Waals surface area contributed by atoms with Crippen LogP contribution >= 0.6 is 0 Å². The van der Waals surface area contributed by atoms with Gasteiger partial charge in [-0.05, 0) is 73.5 Å². The van der Waals surface area contributed by atoms with Crippen molar-refractivity contribution in [3.63, 3.8) is 0 Å². The Morgan fingerprint density at radius 3 is 1.22 bits per heavy atom. The molecule has 0 saturated heterocycles. The summed E-state index contributed by atoms with van der Waals surface area (Å²) in [5.41, 5.74) is 6.12. The molecule has 0 N–H and O–H groups in total. The Labute approximate surface area is 172 Å². The normalized spacial score (nSPS) is 9.56. The summed E-state index contributed by atoms with van der Waals surface area (Å²) >= 11 is 0. The molecule has 0 amide bonds. The number of rotatable bonds is 2. The first-order valence-electron chi connectivity index (χ1n) is 8.40. The molecule has 0 bridgehead atoms. The first kappa shape index (κ1) is 20.5. The van der Waals surface area contributed by atoms with Gasteiger partial charge in [0.2, 0.25) is 0 Å². The van der Waals surface area contributed by atoms with Crippen LogP contribution in [0.25, 0.3) is 22.8 Å². The molecule has 136 valence electrons. The molecule has 0 spiro atoms. The molecule has 4 aromatic rings. The van der Waals surface area contributed by atoms with E-state index < -0.39 is 0 Å². The van der Waals surface area contributed by atoms with E-state index in [4.69, 9.17) is 0 Å². The van der Waals surface area contributed by atoms with E-state index in [1.165, 1.54) is 11.1 Å². The van der Waals surface area contributed by atoms with Gasteiger partial charge in [0.15, 0.2) is 0 Å². The summed E-state index contributed by atoms with van der Waals surface area (Å²) in [4.78, 5) is 16.9. The molecule has 27 heavy (non-hydrogen) atoms. The zero-order valence-corrected chi connectivity index (χ0v) is 17.0. The molecule has 0 aliphatic heterocycles. The third kappa shape index (κ3) is 6.16. The zero-order valence-electron chi connectivity index (χ0n) is 15.2. The number of nitrogens with zero attached hydrogens (tertiary/aromatic N) is 4. The maximum atomic E-state index is 4.29. The van der Waals surface area contributed by atoms with Crippen LogP contribution in [0.5, 0.6) is 0 Å². The maximum absolute atomic E-state index is 4.29. The standard InChI is InChI=1S/C12H12N2.C10H8N2.Ru/c1-9-3-5-13-11(7-9)12-8-10(2)4-6-14-12;1-3-7-11-9(5-1)10-6-2-4-8-12-10;/h3-8H,1-2H3;1-8H;. The number of aryl methyl sites for hydroxylation is 2. The minimum absolute atomic E-state index is 0. The van der Waals surface area contributed by atoms with Gasteiger partial charge in [-0.15, -0.1) is 0 Å². The molecule has 4 heterocycles. The Morgan fingerprint density at radius 1 is 0.481 bits per heavy atom. The Balaban J connectivity index is 0.000000189. The van der Waals surface area contributed by atoms with Crippen LogP contribution in [-0.2, 0) is 19.5 Å². The van der Waals surface area contributed by atoms with Crippen molar-refractivity contribution in [2.24, 2.45) is 0 Å². The van der Waals surface area contributed by atoms with Crippen molar-refractivity contribution in [3.05, 3.63) is 96.6 Å². The van der Waals surface area contributed by atoms with Gasteiger partial charge >= 0.3 is 0 Å². The van der Waals surface area contributed by atoms with Crippen LogP contribution in [0.3, 0.4) is 0 Å². The summed E-state index contributed by atoms with van der Waals surface area (Å²) in [6.07, 6.45) is 7.16. The molecule has 4 rings (SSSR count). The number of aromatic nitrogens is 4. The molecule has 4 aromatic heterocycles. The molecule has 5 heteroatoms. The largest absolute Gasteiger partial charge is 0.255 e. The molecular formula is C22H20N4Ru. The molecule has 0 unspecified atom stereocenters. The van der Waals surface area contributed by atoms with Crippen LogP contribution in [0, 0.1) is 13.8 Å². The van der Waals surface area contributed by atoms with Crippen LogP contribution in [0.15, 0.2) is 85.5 Å². The van der Waals surface area contributed by atoms with E-state index in [-0.39, 0.29) is 19.5 Å². The van der Waals surface area contributed by atoms with E-state index >= 15 is 0 Å². The van der Waals surface area contributed by atoms with Crippen molar-refractivity contribution in [2.45, 2.75) is 13.8 Å². The molecular weight excluding hydrogens is 421 g/mol. The van der Waals surface area contributed by atoms with Crippen molar-refractivity contribution in [3.8, 4) is 22.8 Å². The van der Waals surface area contributed by atoms with Gasteiger partial charge in [0, 0.05) is 44.3 Å². The third-order valence-corrected chi connectivity index (χ3v) is 3.69. The minimum Gasteiger partial charge on any atom is -0.255 e. The second-order valence-corrected chi connectivity index (χ2v) is 5.87. The van der Waals surface area contributed by atoms with Crippen molar-refractivity contribution in [2.75, 3.05) is 0 Å². The fourth-order valence-corrected chi connectivity index (χ4v) is 2.38. The fraction of sp³-hybridized carbons (Fsp3) is 0.0909. The maximum Gasteiger partial charge on any atom is 0.0888 e. The molecule has 0 saturated carbocycles. The monoisotopic (exact) mass is 442 g/mol. The van der Waals surface area contributed by atoms with E-state index in [1.807, 2.05) is 73.1 Å². The summed E-state index contributed by atoms with van der Waals surface area (Å²) in [6, 6.07) is 19.7. The average molecular weight is 442 g/mol. The molecule has 0 aliphatic rings. The van der Waals surface area contributed by atoms with Gasteiger partial charge in [-0.1, -0.05) is 12.1 Å². The van der Waals surface area contributed by atoms with E-state index in [0.29, 0.717) is 0 Å². The summed E-state index contributed by atoms with van der Waals surface area (Å²) < 4.78 is 0. The SMILES string of the molecule is Cc1ccnc(-c2cc(C)ccn2)c1.[Ru].c1ccc(-c2ccccn2)nc1. The smallest absolute Gasteiger partial charge is 0.0888 e. The van der Waals surface area contributed by atoms with Crippen LogP contribution in [0.4, 0.5) is 0 Å². The zero-order chi connectivity index (χ0) is 18.2. The Morgan fingerprint density at radius 2 is 0.889 bits per heavy atom. The van der Waals surface area contributed by atoms with Gasteiger partial charge in [-0.3, -0.25) is 19.9 Å². The molecule has 4 nitrogen and oxygen atoms in total. The van der Waals surface area contributed by atoms with Crippen molar-refractivity contribution in [1.29, 1.82) is 0 Å². The second-order valence-electron chi connectivity index (χ2n) is 5.87. The Hall–Kier alpha value is -2.78. The third-order valence-electron chi connectivity index (χ3n) is 3.69. The van der Waals surface area contributed by atoms with Gasteiger partial charge < -0.3 is 0 Å². The van der Waals surface area contributed by atoms with Gasteiger partial charge in [-0.25, -0.2) is 0 Å². The number of hydrogen-bond donors (Lipinski definition) is 0. The first-order valence-corrected chi connectivity index (χ1v) is 8.40. The van der Waals surface area contributed by atoms with Crippen LogP contribution < -0.4 is 0 Å². The molecule has 0 fully saturated rings. The molecule has 0 atom stereocenters. The topological polar surface area (TPSA) is 51.6 Å². The van der Waals surface area contributed by atoms with Gasteiger partial charge in [0.1, 0.15) is 0 Å². The predicted molar refractivity (Wildman–Crippen MR) is 104 cm³/mol. The van der Waals surface area contributed by atoms with Crippen LogP contribution in [-0.4, -0.2) is 19.9 Å². The predicted octanol–water partition coefficient (Wildman–Crippen LogP) is 4.90. The van der Waals surface area contributed by atoms with E-state index in [9.17, 15) is 0 Å². The van der Waals surface area contributed by atoms with Gasteiger partial charge in [0.25, 0.3) is 0 Å². The van der Waals surface area contributed by atoms with Crippen molar-refractivity contribution < 1.29 is 19.5 Å².